The SMILES string of the molecule is O=P(O)(CC(F)(F)F)OCC1CCCCC1. The molecule has 0 aromatic carbocycles. The van der Waals surface area contributed by atoms with E-state index in [1.54, 1.807) is 0 Å². The predicted molar refractivity (Wildman–Crippen MR) is 53.3 cm³/mol. The molecule has 16 heavy (non-hydrogen) atoms. The highest BCUT2D eigenvalue weighted by molar-refractivity contribution is 7.52. The summed E-state index contributed by atoms with van der Waals surface area (Å²) in [5.74, 6) is 0.127. The lowest BCUT2D eigenvalue weighted by Gasteiger charge is -2.23. The number of alkyl halides is 3. The van der Waals surface area contributed by atoms with E-state index in [0.717, 1.165) is 32.1 Å². The van der Waals surface area contributed by atoms with Crippen molar-refractivity contribution in [3.05, 3.63) is 0 Å². The molecule has 3 nitrogen and oxygen atoms in total. The molecule has 1 saturated carbocycles. The van der Waals surface area contributed by atoms with E-state index in [9.17, 15) is 17.7 Å². The van der Waals surface area contributed by atoms with Crippen molar-refractivity contribution in [2.45, 2.75) is 38.3 Å². The Morgan fingerprint density at radius 1 is 1.25 bits per heavy atom. The Balaban J connectivity index is 2.32. The highest BCUT2D eigenvalue weighted by Crippen LogP contribution is 2.47. The number of rotatable bonds is 4. The molecule has 0 spiro atoms. The topological polar surface area (TPSA) is 46.5 Å². The average molecular weight is 260 g/mol. The summed E-state index contributed by atoms with van der Waals surface area (Å²) in [6.07, 6.45) is -1.52. The fraction of sp³-hybridized carbons (Fsp3) is 1.00. The summed E-state index contributed by atoms with van der Waals surface area (Å²) in [6, 6.07) is 0. The largest absolute Gasteiger partial charge is 0.400 e. The Kier molecular flexibility index (Phi) is 4.83. The first-order valence-corrected chi connectivity index (χ1v) is 7.08. The normalized spacial score (nSPS) is 23.0. The highest BCUT2D eigenvalue weighted by Gasteiger charge is 2.39. The summed E-state index contributed by atoms with van der Waals surface area (Å²) in [7, 11) is -4.51. The summed E-state index contributed by atoms with van der Waals surface area (Å²) in [5.41, 5.74) is 0. The summed E-state index contributed by atoms with van der Waals surface area (Å²) in [4.78, 5) is 8.99. The summed E-state index contributed by atoms with van der Waals surface area (Å²) in [6.45, 7) is -0.0378. The third-order valence-electron chi connectivity index (χ3n) is 2.62. The minimum Gasteiger partial charge on any atom is -0.324 e. The predicted octanol–water partition coefficient (Wildman–Crippen LogP) is 3.33. The zero-order chi connectivity index (χ0) is 12.2. The van der Waals surface area contributed by atoms with Crippen LogP contribution in [0.15, 0.2) is 0 Å². The van der Waals surface area contributed by atoms with Crippen molar-refractivity contribution in [3.63, 3.8) is 0 Å². The molecule has 0 aromatic heterocycles. The Bertz CT molecular complexity index is 261. The molecule has 1 aliphatic rings. The molecule has 1 atom stereocenters. The summed E-state index contributed by atoms with van der Waals surface area (Å²) in [5, 5.41) is 0. The lowest BCUT2D eigenvalue weighted by molar-refractivity contribution is -0.109. The van der Waals surface area contributed by atoms with Gasteiger partial charge in [0.2, 0.25) is 0 Å². The zero-order valence-electron chi connectivity index (χ0n) is 8.87. The van der Waals surface area contributed by atoms with Gasteiger partial charge >= 0.3 is 13.8 Å². The van der Waals surface area contributed by atoms with Gasteiger partial charge in [0.25, 0.3) is 0 Å². The Morgan fingerprint density at radius 3 is 2.31 bits per heavy atom. The van der Waals surface area contributed by atoms with Gasteiger partial charge in [-0.05, 0) is 18.8 Å². The Hall–Kier alpha value is -0.0600. The molecule has 0 aromatic rings. The number of hydrogen-bond acceptors (Lipinski definition) is 2. The van der Waals surface area contributed by atoms with Crippen molar-refractivity contribution in [2.75, 3.05) is 12.8 Å². The average Bonchev–Trinajstić information content (AvgIpc) is 2.13. The Labute approximate surface area is 92.5 Å². The van der Waals surface area contributed by atoms with E-state index in [0.29, 0.717) is 0 Å². The minimum absolute atomic E-state index is 0.0378. The fourth-order valence-corrected chi connectivity index (χ4v) is 2.84. The van der Waals surface area contributed by atoms with Crippen molar-refractivity contribution in [2.24, 2.45) is 5.92 Å². The number of hydrogen-bond donors (Lipinski definition) is 1. The van der Waals surface area contributed by atoms with Crippen LogP contribution in [0.1, 0.15) is 32.1 Å². The molecule has 1 rings (SSSR count). The molecule has 7 heteroatoms. The van der Waals surface area contributed by atoms with E-state index in [2.05, 4.69) is 4.52 Å². The molecular weight excluding hydrogens is 244 g/mol. The molecule has 0 heterocycles. The maximum atomic E-state index is 11.9. The van der Waals surface area contributed by atoms with Gasteiger partial charge < -0.3 is 9.42 Å². The molecule has 0 radical (unpaired) electrons. The van der Waals surface area contributed by atoms with Crippen molar-refractivity contribution in [1.82, 2.24) is 0 Å². The van der Waals surface area contributed by atoms with E-state index in [1.807, 2.05) is 0 Å². The number of halogens is 3. The second-order valence-electron chi connectivity index (χ2n) is 4.21. The van der Waals surface area contributed by atoms with Crippen LogP contribution in [0.4, 0.5) is 13.2 Å². The summed E-state index contributed by atoms with van der Waals surface area (Å²) < 4.78 is 51.3. The van der Waals surface area contributed by atoms with Gasteiger partial charge in [-0.15, -0.1) is 0 Å². The molecule has 0 bridgehead atoms. The van der Waals surface area contributed by atoms with Gasteiger partial charge in [-0.25, -0.2) is 0 Å². The standard InChI is InChI=1S/C9H16F3O3P/c10-9(11,12)7-16(13,14)15-6-8-4-2-1-3-5-8/h8H,1-7H2,(H,13,14). The van der Waals surface area contributed by atoms with Gasteiger partial charge in [-0.1, -0.05) is 19.3 Å². The lowest BCUT2D eigenvalue weighted by atomic mass is 9.90. The van der Waals surface area contributed by atoms with Crippen molar-refractivity contribution >= 4 is 7.60 Å². The van der Waals surface area contributed by atoms with Crippen molar-refractivity contribution in [1.29, 1.82) is 0 Å². The highest BCUT2D eigenvalue weighted by atomic mass is 31.2. The molecule has 0 aliphatic heterocycles. The van der Waals surface area contributed by atoms with Crippen LogP contribution < -0.4 is 0 Å². The molecule has 1 N–H and O–H groups in total. The van der Waals surface area contributed by atoms with Crippen LogP contribution in [0.3, 0.4) is 0 Å². The molecule has 1 unspecified atom stereocenters. The van der Waals surface area contributed by atoms with Gasteiger partial charge in [0, 0.05) is 0 Å². The molecule has 1 aliphatic carbocycles. The zero-order valence-corrected chi connectivity index (χ0v) is 9.77. The van der Waals surface area contributed by atoms with Gasteiger partial charge in [0.05, 0.1) is 6.61 Å². The smallest absolute Gasteiger partial charge is 0.324 e. The van der Waals surface area contributed by atoms with E-state index in [4.69, 9.17) is 4.89 Å². The van der Waals surface area contributed by atoms with Crippen LogP contribution >= 0.6 is 7.60 Å². The molecule has 0 saturated heterocycles. The molecule has 1 fully saturated rings. The van der Waals surface area contributed by atoms with Crippen LogP contribution in [-0.2, 0) is 9.09 Å². The van der Waals surface area contributed by atoms with Gasteiger partial charge in [-0.2, -0.15) is 13.2 Å². The first-order valence-electron chi connectivity index (χ1n) is 5.32. The van der Waals surface area contributed by atoms with Gasteiger partial charge in [-0.3, -0.25) is 4.57 Å². The third kappa shape index (κ3) is 5.87. The first-order chi connectivity index (χ1) is 7.29. The van der Waals surface area contributed by atoms with E-state index >= 15 is 0 Å². The van der Waals surface area contributed by atoms with Crippen LogP contribution in [0.2, 0.25) is 0 Å². The van der Waals surface area contributed by atoms with Gasteiger partial charge in [0.15, 0.2) is 0 Å². The van der Waals surface area contributed by atoms with E-state index in [-0.39, 0.29) is 12.5 Å². The van der Waals surface area contributed by atoms with Crippen LogP contribution in [-0.4, -0.2) is 23.8 Å². The quantitative estimate of drug-likeness (QED) is 0.788. The van der Waals surface area contributed by atoms with Gasteiger partial charge in [0.1, 0.15) is 6.16 Å². The lowest BCUT2D eigenvalue weighted by Crippen LogP contribution is -2.18. The molecule has 96 valence electrons. The van der Waals surface area contributed by atoms with E-state index < -0.39 is 19.9 Å². The second-order valence-corrected chi connectivity index (χ2v) is 6.06. The van der Waals surface area contributed by atoms with Crippen molar-refractivity contribution in [3.8, 4) is 0 Å². The monoisotopic (exact) mass is 260 g/mol. The van der Waals surface area contributed by atoms with E-state index in [1.165, 1.54) is 0 Å². The third-order valence-corrected chi connectivity index (χ3v) is 3.93. The Morgan fingerprint density at radius 2 is 1.81 bits per heavy atom. The molecule has 0 amide bonds. The first kappa shape index (κ1) is 14.0. The van der Waals surface area contributed by atoms with Crippen LogP contribution in [0.5, 0.6) is 0 Å². The minimum atomic E-state index is -4.66. The maximum Gasteiger partial charge on any atom is 0.400 e. The van der Waals surface area contributed by atoms with Crippen molar-refractivity contribution < 1.29 is 27.2 Å². The second kappa shape index (κ2) is 5.52. The summed E-state index contributed by atoms with van der Waals surface area (Å²) >= 11 is 0. The van der Waals surface area contributed by atoms with Crippen LogP contribution in [0.25, 0.3) is 0 Å². The fourth-order valence-electron chi connectivity index (χ4n) is 1.85. The van der Waals surface area contributed by atoms with Crippen LogP contribution in [0, 0.1) is 5.92 Å². The molecular formula is C9H16F3O3P. The maximum absolute atomic E-state index is 11.9.